The number of anilines is 1. The third-order valence-electron chi connectivity index (χ3n) is 9.66. The lowest BCUT2D eigenvalue weighted by atomic mass is 9.96. The number of amides is 1. The zero-order valence-electron chi connectivity index (χ0n) is 25.8. The first-order valence-corrected chi connectivity index (χ1v) is 16.0. The van der Waals surface area contributed by atoms with Crippen LogP contribution in [0.4, 0.5) is 10.2 Å². The predicted octanol–water partition coefficient (Wildman–Crippen LogP) is 5.61. The van der Waals surface area contributed by atoms with E-state index in [0.717, 1.165) is 43.0 Å². The lowest BCUT2D eigenvalue weighted by molar-refractivity contribution is -0.133. The molecular formula is C34H36ClFN6O4. The Labute approximate surface area is 271 Å². The van der Waals surface area contributed by atoms with E-state index in [0.29, 0.717) is 36.5 Å². The fraction of sp³-hybridized carbons (Fsp3) is 0.412. The number of nitrogens with one attached hydrogen (secondary N) is 1. The summed E-state index contributed by atoms with van der Waals surface area (Å²) >= 11 is 6.89. The molecule has 0 spiro atoms. The van der Waals surface area contributed by atoms with Crippen LogP contribution < -0.4 is 9.64 Å². The van der Waals surface area contributed by atoms with E-state index in [-0.39, 0.29) is 64.2 Å². The fourth-order valence-corrected chi connectivity index (χ4v) is 7.65. The molecule has 4 heterocycles. The summed E-state index contributed by atoms with van der Waals surface area (Å²) in [5, 5.41) is 20.5. The van der Waals surface area contributed by atoms with Gasteiger partial charge in [-0.15, -0.1) is 0 Å². The van der Waals surface area contributed by atoms with E-state index in [4.69, 9.17) is 31.5 Å². The van der Waals surface area contributed by atoms with Gasteiger partial charge >= 0.3 is 6.01 Å². The molecule has 4 aromatic rings. The highest BCUT2D eigenvalue weighted by atomic mass is 35.5. The van der Waals surface area contributed by atoms with E-state index in [1.54, 1.807) is 12.1 Å². The normalized spacial score (nSPS) is 21.3. The van der Waals surface area contributed by atoms with Crippen molar-refractivity contribution in [2.75, 3.05) is 45.3 Å². The van der Waals surface area contributed by atoms with Crippen LogP contribution in [-0.2, 0) is 9.53 Å². The van der Waals surface area contributed by atoms with E-state index < -0.39 is 5.82 Å². The number of aromatic hydroxyl groups is 1. The van der Waals surface area contributed by atoms with Crippen molar-refractivity contribution in [3.63, 3.8) is 0 Å². The number of hydrogen-bond acceptors (Lipinski definition) is 9. The number of nitrogens with zero attached hydrogens (tertiary/aromatic N) is 5. The number of rotatable bonds is 7. The zero-order chi connectivity index (χ0) is 32.1. The van der Waals surface area contributed by atoms with Crippen LogP contribution >= 0.6 is 11.6 Å². The number of ether oxygens (including phenoxy) is 2. The predicted molar refractivity (Wildman–Crippen MR) is 175 cm³/mol. The number of carbonyl (C=O) groups is 1. The smallest absolute Gasteiger partial charge is 0.319 e. The van der Waals surface area contributed by atoms with Crippen molar-refractivity contribution in [3.8, 4) is 22.9 Å². The number of phenolic OH excluding ortho intramolecular Hbond substituents is 1. The lowest BCUT2D eigenvalue weighted by Gasteiger charge is -2.42. The second kappa shape index (κ2) is 12.2. The van der Waals surface area contributed by atoms with Crippen molar-refractivity contribution < 1.29 is 23.8 Å². The third kappa shape index (κ3) is 5.45. The van der Waals surface area contributed by atoms with Crippen LogP contribution in [0.25, 0.3) is 32.8 Å². The zero-order valence-corrected chi connectivity index (χ0v) is 26.6. The molecule has 10 nitrogen and oxygen atoms in total. The molecule has 1 aromatic heterocycles. The van der Waals surface area contributed by atoms with Gasteiger partial charge in [0.05, 0.1) is 12.1 Å². The Morgan fingerprint density at radius 1 is 1.11 bits per heavy atom. The molecule has 3 aliphatic heterocycles. The van der Waals surface area contributed by atoms with E-state index in [1.165, 1.54) is 13.2 Å². The van der Waals surface area contributed by atoms with Gasteiger partial charge in [-0.3, -0.25) is 10.2 Å². The Hall–Kier alpha value is -4.22. The van der Waals surface area contributed by atoms with E-state index in [1.807, 2.05) is 29.2 Å². The second-order valence-electron chi connectivity index (χ2n) is 12.5. The number of methoxy groups -OCH3 is 1. The van der Waals surface area contributed by atoms with E-state index in [9.17, 15) is 9.90 Å². The molecule has 0 aliphatic carbocycles. The Morgan fingerprint density at radius 2 is 1.87 bits per heavy atom. The first-order valence-electron chi connectivity index (χ1n) is 15.6. The summed E-state index contributed by atoms with van der Waals surface area (Å²) in [5.41, 5.74) is 0.677. The van der Waals surface area contributed by atoms with Crippen LogP contribution in [0.15, 0.2) is 42.5 Å². The molecule has 3 unspecified atom stereocenters. The van der Waals surface area contributed by atoms with Gasteiger partial charge < -0.3 is 29.3 Å². The van der Waals surface area contributed by atoms with Gasteiger partial charge in [0.25, 0.3) is 0 Å². The highest BCUT2D eigenvalue weighted by Crippen LogP contribution is 2.43. The van der Waals surface area contributed by atoms with Crippen molar-refractivity contribution in [3.05, 3.63) is 53.3 Å². The van der Waals surface area contributed by atoms with Gasteiger partial charge in [0.15, 0.2) is 11.7 Å². The van der Waals surface area contributed by atoms with Gasteiger partial charge in [-0.2, -0.15) is 9.97 Å². The Balaban J connectivity index is 1.32. The first-order chi connectivity index (χ1) is 22.2. The average molecular weight is 647 g/mol. The minimum atomic E-state index is -0.625. The number of likely N-dealkylation sites (N-methyl/N-ethyl adjacent to an activating group) is 1. The largest absolute Gasteiger partial charge is 0.508 e. The van der Waals surface area contributed by atoms with Gasteiger partial charge in [0, 0.05) is 42.2 Å². The van der Waals surface area contributed by atoms with Crippen LogP contribution in [0.3, 0.4) is 0 Å². The van der Waals surface area contributed by atoms with Crippen LogP contribution in [0.5, 0.6) is 11.8 Å². The number of benzene rings is 3. The SMILES string of the molecule is COC(=N)CC(=O)N1C2CCC1CN(c1nc(OCC3CCCN3C)nc3c(F)c(-c4cc(O)cc5ccccc45)c(Cl)cc13)C2. The number of carbonyl (C=O) groups excluding carboxylic acids is 1. The third-order valence-corrected chi connectivity index (χ3v) is 9.96. The summed E-state index contributed by atoms with van der Waals surface area (Å²) in [6.45, 7) is 2.33. The van der Waals surface area contributed by atoms with Crippen LogP contribution in [0, 0.1) is 11.2 Å². The number of aromatic nitrogens is 2. The van der Waals surface area contributed by atoms with Crippen molar-refractivity contribution in [2.24, 2.45) is 0 Å². The molecule has 0 saturated carbocycles. The van der Waals surface area contributed by atoms with Crippen molar-refractivity contribution >= 4 is 50.9 Å². The second-order valence-corrected chi connectivity index (χ2v) is 12.9. The molecule has 0 radical (unpaired) electrons. The van der Waals surface area contributed by atoms with E-state index >= 15 is 4.39 Å². The fourth-order valence-electron chi connectivity index (χ4n) is 7.36. The van der Waals surface area contributed by atoms with Crippen molar-refractivity contribution in [1.29, 1.82) is 5.41 Å². The van der Waals surface area contributed by atoms with Crippen LogP contribution in [0.2, 0.25) is 5.02 Å². The maximum atomic E-state index is 16.9. The molecule has 12 heteroatoms. The number of likely N-dealkylation sites (tertiary alicyclic amines) is 1. The maximum Gasteiger partial charge on any atom is 0.319 e. The van der Waals surface area contributed by atoms with E-state index in [2.05, 4.69) is 21.8 Å². The van der Waals surface area contributed by atoms with Crippen molar-refractivity contribution in [2.45, 2.75) is 50.2 Å². The van der Waals surface area contributed by atoms with Gasteiger partial charge in [-0.1, -0.05) is 35.9 Å². The van der Waals surface area contributed by atoms with Gasteiger partial charge in [0.2, 0.25) is 5.91 Å². The molecule has 3 aliphatic rings. The number of phenols is 1. The maximum absolute atomic E-state index is 16.9. The molecule has 7 rings (SSSR count). The molecule has 3 aromatic carbocycles. The molecular weight excluding hydrogens is 611 g/mol. The van der Waals surface area contributed by atoms with Crippen molar-refractivity contribution in [1.82, 2.24) is 19.8 Å². The number of halogens is 2. The summed E-state index contributed by atoms with van der Waals surface area (Å²) in [4.78, 5) is 28.7. The summed E-state index contributed by atoms with van der Waals surface area (Å²) in [6.07, 6.45) is 3.63. The topological polar surface area (TPSA) is 115 Å². The highest BCUT2D eigenvalue weighted by Gasteiger charge is 2.43. The summed E-state index contributed by atoms with van der Waals surface area (Å²) < 4.78 is 28.0. The highest BCUT2D eigenvalue weighted by molar-refractivity contribution is 6.35. The Kier molecular flexibility index (Phi) is 8.06. The minimum absolute atomic E-state index is 0.000811. The van der Waals surface area contributed by atoms with Gasteiger partial charge in [0.1, 0.15) is 30.1 Å². The van der Waals surface area contributed by atoms with Gasteiger partial charge in [-0.05, 0) is 73.8 Å². The lowest BCUT2D eigenvalue weighted by Crippen LogP contribution is -2.56. The monoisotopic (exact) mass is 646 g/mol. The molecule has 3 atom stereocenters. The average Bonchev–Trinajstić information content (AvgIpc) is 3.57. The number of hydrogen-bond donors (Lipinski definition) is 2. The number of fused-ring (bicyclic) bond motifs is 4. The molecule has 240 valence electrons. The molecule has 3 fully saturated rings. The molecule has 2 bridgehead atoms. The summed E-state index contributed by atoms with van der Waals surface area (Å²) in [5.74, 6) is -0.320. The molecule has 1 amide bonds. The molecule has 2 N–H and O–H groups in total. The first kappa shape index (κ1) is 30.4. The van der Waals surface area contributed by atoms with Crippen LogP contribution in [0.1, 0.15) is 32.1 Å². The van der Waals surface area contributed by atoms with Gasteiger partial charge in [-0.25, -0.2) is 4.39 Å². The van der Waals surface area contributed by atoms with Crippen LogP contribution in [-0.4, -0.2) is 95.2 Å². The molecule has 3 saturated heterocycles. The Morgan fingerprint density at radius 3 is 2.59 bits per heavy atom. The quantitative estimate of drug-likeness (QED) is 0.197. The molecule has 46 heavy (non-hydrogen) atoms. The minimum Gasteiger partial charge on any atom is -0.508 e. The standard InChI is InChI=1S/C34H36ClFN6O4/c1-40-11-5-7-22(40)18-46-34-38-32-26(14-27(35)30(31(32)36)25-13-23(43)12-19-6-3-4-8-24(19)25)33(39-34)41-16-20-9-10-21(17-41)42(20)29(44)15-28(37)45-2/h3-4,6,8,12-14,20-22,37,43H,5,7,9-11,15-18H2,1-2H3. The summed E-state index contributed by atoms with van der Waals surface area (Å²) in [7, 11) is 3.46. The summed E-state index contributed by atoms with van der Waals surface area (Å²) in [6, 6.07) is 12.4. The Bertz CT molecular complexity index is 1840. The number of piperazine rings is 1.